The quantitative estimate of drug-likeness (QED) is 0.646. The Bertz CT molecular complexity index is 1120. The van der Waals surface area contributed by atoms with Crippen molar-refractivity contribution in [1.29, 1.82) is 0 Å². The zero-order valence-corrected chi connectivity index (χ0v) is 18.9. The lowest BCUT2D eigenvalue weighted by atomic mass is 9.84. The number of phenolic OH excluding ortho intramolecular Hbond substituents is 1. The van der Waals surface area contributed by atoms with E-state index in [1.807, 2.05) is 13.1 Å². The predicted octanol–water partition coefficient (Wildman–Crippen LogP) is 3.89. The molecule has 3 atom stereocenters. The van der Waals surface area contributed by atoms with Gasteiger partial charge in [-0.15, -0.1) is 10.2 Å². The van der Waals surface area contributed by atoms with E-state index in [1.165, 1.54) is 25.0 Å². The molecule has 2 aromatic heterocycles. The zero-order chi connectivity index (χ0) is 22.7. The minimum Gasteiger partial charge on any atom is -0.507 e. The molecule has 2 saturated heterocycles. The summed E-state index contributed by atoms with van der Waals surface area (Å²) in [6, 6.07) is 6.85. The van der Waals surface area contributed by atoms with E-state index in [0.717, 1.165) is 24.2 Å². The van der Waals surface area contributed by atoms with Crippen molar-refractivity contribution in [1.82, 2.24) is 25.3 Å². The molecule has 8 heteroatoms. The Kier molecular flexibility index (Phi) is 4.74. The zero-order valence-electron chi connectivity index (χ0n) is 18.9. The van der Waals surface area contributed by atoms with Crippen molar-refractivity contribution >= 4 is 5.82 Å². The van der Waals surface area contributed by atoms with Crippen molar-refractivity contribution in [3.63, 3.8) is 0 Å². The highest BCUT2D eigenvalue weighted by atomic mass is 19.1. The maximum absolute atomic E-state index is 14.9. The number of fused-ring (bicyclic) bond motifs is 2. The fourth-order valence-corrected chi connectivity index (χ4v) is 5.51. The minimum absolute atomic E-state index is 0.0549. The first kappa shape index (κ1) is 20.9. The normalized spacial score (nSPS) is 27.0. The summed E-state index contributed by atoms with van der Waals surface area (Å²) in [7, 11) is 3.84. The molecule has 2 aliphatic rings. The smallest absolute Gasteiger partial charge is 0.151 e. The van der Waals surface area contributed by atoms with Crippen LogP contribution in [-0.2, 0) is 7.05 Å². The number of hydrogen-bond acceptors (Lipinski definition) is 6. The molecular formula is C24H29FN6O. The van der Waals surface area contributed by atoms with E-state index in [0.29, 0.717) is 17.3 Å². The number of nitrogens with zero attached hydrogens (tertiary/aromatic N) is 5. The monoisotopic (exact) mass is 436 g/mol. The van der Waals surface area contributed by atoms with Gasteiger partial charge in [0.25, 0.3) is 0 Å². The number of phenols is 1. The molecule has 32 heavy (non-hydrogen) atoms. The van der Waals surface area contributed by atoms with Crippen LogP contribution in [0.2, 0.25) is 0 Å². The minimum atomic E-state index is -0.546. The molecule has 0 spiro atoms. The van der Waals surface area contributed by atoms with E-state index in [1.54, 1.807) is 30.2 Å². The highest BCUT2D eigenvalue weighted by Gasteiger charge is 2.49. The summed E-state index contributed by atoms with van der Waals surface area (Å²) in [5.41, 5.74) is 1.96. The lowest BCUT2D eigenvalue weighted by Gasteiger charge is -2.45. The third-order valence-electron chi connectivity index (χ3n) is 7.13. The molecule has 2 aliphatic heterocycles. The first-order valence-electron chi connectivity index (χ1n) is 11.0. The van der Waals surface area contributed by atoms with Crippen molar-refractivity contribution in [3.8, 4) is 28.1 Å². The SMILES string of the molecule is CN(c1ccc(-c2c(O)cc(-c3cnn(C)c3)cc2F)nn1)[C@H]1C[C@]2(C)CC[C@](C)(C1)N2. The summed E-state index contributed by atoms with van der Waals surface area (Å²) in [6.45, 7) is 4.60. The van der Waals surface area contributed by atoms with Gasteiger partial charge in [0, 0.05) is 43.0 Å². The van der Waals surface area contributed by atoms with Crippen LogP contribution in [0.4, 0.5) is 10.2 Å². The lowest BCUT2D eigenvalue weighted by Crippen LogP contribution is -2.58. The summed E-state index contributed by atoms with van der Waals surface area (Å²) in [5, 5.41) is 27.1. The van der Waals surface area contributed by atoms with Gasteiger partial charge in [0.1, 0.15) is 11.6 Å². The molecule has 2 fully saturated rings. The van der Waals surface area contributed by atoms with E-state index in [2.05, 4.69) is 39.4 Å². The number of anilines is 1. The molecule has 168 valence electrons. The van der Waals surface area contributed by atoms with E-state index >= 15 is 0 Å². The van der Waals surface area contributed by atoms with Gasteiger partial charge in [0.2, 0.25) is 0 Å². The molecular weight excluding hydrogens is 407 g/mol. The van der Waals surface area contributed by atoms with Crippen LogP contribution in [0.25, 0.3) is 22.4 Å². The number of aromatic nitrogens is 4. The molecule has 2 bridgehead atoms. The number of rotatable bonds is 4. The maximum Gasteiger partial charge on any atom is 0.151 e. The van der Waals surface area contributed by atoms with Crippen LogP contribution >= 0.6 is 0 Å². The number of nitrogens with one attached hydrogen (secondary N) is 1. The summed E-state index contributed by atoms with van der Waals surface area (Å²) in [4.78, 5) is 2.18. The van der Waals surface area contributed by atoms with Crippen molar-refractivity contribution in [2.24, 2.45) is 7.05 Å². The van der Waals surface area contributed by atoms with Gasteiger partial charge >= 0.3 is 0 Å². The van der Waals surface area contributed by atoms with Crippen LogP contribution in [0.1, 0.15) is 39.5 Å². The molecule has 7 nitrogen and oxygen atoms in total. The predicted molar refractivity (Wildman–Crippen MR) is 122 cm³/mol. The summed E-state index contributed by atoms with van der Waals surface area (Å²) in [6.07, 6.45) is 7.87. The Hall–Kier alpha value is -3.00. The van der Waals surface area contributed by atoms with E-state index < -0.39 is 5.82 Å². The Balaban J connectivity index is 1.39. The van der Waals surface area contributed by atoms with Crippen LogP contribution in [0.3, 0.4) is 0 Å². The highest BCUT2D eigenvalue weighted by Crippen LogP contribution is 2.44. The second kappa shape index (κ2) is 7.27. The van der Waals surface area contributed by atoms with Crippen molar-refractivity contribution < 1.29 is 9.50 Å². The van der Waals surface area contributed by atoms with E-state index in [9.17, 15) is 9.50 Å². The number of aromatic hydroxyl groups is 1. The average Bonchev–Trinajstić information content (AvgIpc) is 3.26. The lowest BCUT2D eigenvalue weighted by molar-refractivity contribution is 0.207. The van der Waals surface area contributed by atoms with Gasteiger partial charge < -0.3 is 15.3 Å². The Labute approximate surface area is 187 Å². The molecule has 0 aliphatic carbocycles. The molecule has 0 radical (unpaired) electrons. The van der Waals surface area contributed by atoms with Gasteiger partial charge in [0.15, 0.2) is 5.82 Å². The summed E-state index contributed by atoms with van der Waals surface area (Å²) in [5.74, 6) is 0.0317. The number of aryl methyl sites for hydroxylation is 1. The molecule has 0 unspecified atom stereocenters. The van der Waals surface area contributed by atoms with Crippen molar-refractivity contribution in [2.45, 2.75) is 56.7 Å². The summed E-state index contributed by atoms with van der Waals surface area (Å²) < 4.78 is 16.6. The molecule has 1 aromatic carbocycles. The van der Waals surface area contributed by atoms with Crippen LogP contribution in [0.5, 0.6) is 5.75 Å². The number of benzene rings is 1. The van der Waals surface area contributed by atoms with Crippen molar-refractivity contribution in [3.05, 3.63) is 42.5 Å². The average molecular weight is 437 g/mol. The van der Waals surface area contributed by atoms with Crippen LogP contribution in [-0.4, -0.2) is 49.3 Å². The maximum atomic E-state index is 14.9. The van der Waals surface area contributed by atoms with Crippen LogP contribution < -0.4 is 10.2 Å². The third kappa shape index (κ3) is 3.62. The molecule has 0 saturated carbocycles. The fraction of sp³-hybridized carbons (Fsp3) is 0.458. The second-order valence-corrected chi connectivity index (χ2v) is 9.95. The summed E-state index contributed by atoms with van der Waals surface area (Å²) >= 11 is 0. The van der Waals surface area contributed by atoms with Gasteiger partial charge in [-0.05, 0) is 69.4 Å². The molecule has 4 heterocycles. The Morgan fingerprint density at radius 2 is 1.84 bits per heavy atom. The molecule has 2 N–H and O–H groups in total. The van der Waals surface area contributed by atoms with Crippen LogP contribution in [0.15, 0.2) is 36.7 Å². The molecule has 0 amide bonds. The van der Waals surface area contributed by atoms with Gasteiger partial charge in [0.05, 0.1) is 17.5 Å². The van der Waals surface area contributed by atoms with Gasteiger partial charge in [-0.3, -0.25) is 4.68 Å². The standard InChI is InChI=1S/C24H29FN6O/c1-23-7-8-24(2,29-23)12-17(11-23)31(4)21-6-5-19(27-28-21)22-18(25)9-15(10-20(22)32)16-13-26-30(3)14-16/h5-6,9-10,13-14,17,29,32H,7-8,11-12H2,1-4H3/t17-,23-,24+. The molecule has 3 aromatic rings. The van der Waals surface area contributed by atoms with Crippen molar-refractivity contribution in [2.75, 3.05) is 11.9 Å². The van der Waals surface area contributed by atoms with Gasteiger partial charge in [-0.2, -0.15) is 5.10 Å². The first-order chi connectivity index (χ1) is 15.1. The largest absolute Gasteiger partial charge is 0.507 e. The number of halogens is 1. The first-order valence-corrected chi connectivity index (χ1v) is 11.0. The van der Waals surface area contributed by atoms with Crippen LogP contribution in [0, 0.1) is 5.82 Å². The highest BCUT2D eigenvalue weighted by molar-refractivity contribution is 5.74. The number of hydrogen-bond donors (Lipinski definition) is 2. The van der Waals surface area contributed by atoms with Gasteiger partial charge in [-0.1, -0.05) is 0 Å². The Morgan fingerprint density at radius 3 is 2.41 bits per heavy atom. The fourth-order valence-electron chi connectivity index (χ4n) is 5.51. The number of piperidine rings is 1. The van der Waals surface area contributed by atoms with E-state index in [-0.39, 0.29) is 22.4 Å². The van der Waals surface area contributed by atoms with E-state index in [4.69, 9.17) is 0 Å². The van der Waals surface area contributed by atoms with Gasteiger partial charge in [-0.25, -0.2) is 4.39 Å². The second-order valence-electron chi connectivity index (χ2n) is 9.95. The Morgan fingerprint density at radius 1 is 1.12 bits per heavy atom. The topological polar surface area (TPSA) is 79.1 Å². The third-order valence-corrected chi connectivity index (χ3v) is 7.13. The molecule has 5 rings (SSSR count).